The Kier molecular flexibility index (Phi) is 8.34. The first-order valence-corrected chi connectivity index (χ1v) is 14.2. The SMILES string of the molecule is CC(C)(C)/C=C(/C#N)C(=O)N1CCCC(n2nc(-c3ccc(NC(=O)c4ccc(C(F)(F)F)cc4)cc3)c3c(N)ncnc32)C1. The maximum atomic E-state index is 13.3. The first kappa shape index (κ1) is 31.2. The molecule has 2 amide bonds. The zero-order chi connectivity index (χ0) is 32.5. The van der Waals surface area contributed by atoms with E-state index in [0.717, 1.165) is 30.7 Å². The van der Waals surface area contributed by atoms with E-state index in [9.17, 15) is 28.0 Å². The number of hydrogen-bond donors (Lipinski definition) is 2. The monoisotopic (exact) mass is 616 g/mol. The smallest absolute Gasteiger partial charge is 0.383 e. The van der Waals surface area contributed by atoms with Crippen molar-refractivity contribution in [3.8, 4) is 17.3 Å². The van der Waals surface area contributed by atoms with E-state index in [1.165, 1.54) is 6.33 Å². The van der Waals surface area contributed by atoms with Gasteiger partial charge in [-0.1, -0.05) is 39.0 Å². The lowest BCUT2D eigenvalue weighted by atomic mass is 9.93. The molecule has 1 aliphatic heterocycles. The normalized spacial score (nSPS) is 16.0. The van der Waals surface area contributed by atoms with Crippen molar-refractivity contribution < 1.29 is 22.8 Å². The number of nitrogens with one attached hydrogen (secondary N) is 1. The van der Waals surface area contributed by atoms with Crippen molar-refractivity contribution in [2.75, 3.05) is 24.1 Å². The summed E-state index contributed by atoms with van der Waals surface area (Å²) in [5, 5.41) is 17.7. The zero-order valence-electron chi connectivity index (χ0n) is 24.9. The Labute approximate surface area is 257 Å². The van der Waals surface area contributed by atoms with E-state index in [4.69, 9.17) is 10.8 Å². The number of nitriles is 1. The number of fused-ring (bicyclic) bond motifs is 1. The van der Waals surface area contributed by atoms with E-state index in [1.807, 2.05) is 26.8 Å². The summed E-state index contributed by atoms with van der Waals surface area (Å²) in [5.74, 6) is -0.654. The van der Waals surface area contributed by atoms with E-state index >= 15 is 0 Å². The second-order valence-electron chi connectivity index (χ2n) is 11.9. The van der Waals surface area contributed by atoms with E-state index < -0.39 is 17.6 Å². The summed E-state index contributed by atoms with van der Waals surface area (Å²) < 4.78 is 40.3. The third-order valence-corrected chi connectivity index (χ3v) is 7.37. The van der Waals surface area contributed by atoms with Gasteiger partial charge < -0.3 is 16.0 Å². The molecule has 0 saturated carbocycles. The molecule has 5 rings (SSSR count). The van der Waals surface area contributed by atoms with Crippen LogP contribution in [0.4, 0.5) is 24.7 Å². The summed E-state index contributed by atoms with van der Waals surface area (Å²) in [6, 6.07) is 12.5. The molecule has 2 aromatic heterocycles. The lowest BCUT2D eigenvalue weighted by molar-refractivity contribution is -0.137. The fourth-order valence-electron chi connectivity index (χ4n) is 5.26. The van der Waals surface area contributed by atoms with Crippen molar-refractivity contribution in [2.45, 2.75) is 45.8 Å². The van der Waals surface area contributed by atoms with Gasteiger partial charge in [-0.15, -0.1) is 0 Å². The zero-order valence-corrected chi connectivity index (χ0v) is 24.9. The Bertz CT molecular complexity index is 1820. The topological polar surface area (TPSA) is 143 Å². The molecule has 0 radical (unpaired) electrons. The molecule has 1 atom stereocenters. The van der Waals surface area contributed by atoms with Gasteiger partial charge in [-0.3, -0.25) is 9.59 Å². The molecule has 232 valence electrons. The molecule has 10 nitrogen and oxygen atoms in total. The van der Waals surface area contributed by atoms with Crippen LogP contribution >= 0.6 is 0 Å². The summed E-state index contributed by atoms with van der Waals surface area (Å²) in [6.45, 7) is 6.63. The summed E-state index contributed by atoms with van der Waals surface area (Å²) in [6.07, 6.45) is -0.0253. The Morgan fingerprint density at radius 1 is 1.07 bits per heavy atom. The van der Waals surface area contributed by atoms with Crippen LogP contribution in [-0.2, 0) is 11.0 Å². The Morgan fingerprint density at radius 2 is 1.76 bits per heavy atom. The molecule has 3 heterocycles. The van der Waals surface area contributed by atoms with Crippen LogP contribution in [0.2, 0.25) is 0 Å². The van der Waals surface area contributed by atoms with Crippen molar-refractivity contribution in [1.29, 1.82) is 5.26 Å². The number of alkyl halides is 3. The molecule has 1 fully saturated rings. The van der Waals surface area contributed by atoms with Gasteiger partial charge in [-0.2, -0.15) is 23.5 Å². The van der Waals surface area contributed by atoms with Crippen molar-refractivity contribution >= 4 is 34.4 Å². The highest BCUT2D eigenvalue weighted by molar-refractivity contribution is 6.04. The fourth-order valence-corrected chi connectivity index (χ4v) is 5.26. The molecule has 0 aliphatic carbocycles. The second kappa shape index (κ2) is 12.0. The number of amides is 2. The van der Waals surface area contributed by atoms with Crippen LogP contribution in [0, 0.1) is 16.7 Å². The van der Waals surface area contributed by atoms with Gasteiger partial charge in [0.1, 0.15) is 29.5 Å². The molecular formula is C32H31F3N8O2. The van der Waals surface area contributed by atoms with Gasteiger partial charge in [0, 0.05) is 29.9 Å². The van der Waals surface area contributed by atoms with E-state index in [2.05, 4.69) is 15.3 Å². The van der Waals surface area contributed by atoms with Crippen LogP contribution in [0.25, 0.3) is 22.3 Å². The molecule has 1 unspecified atom stereocenters. The number of nitrogens with zero attached hydrogens (tertiary/aromatic N) is 6. The van der Waals surface area contributed by atoms with E-state index in [0.29, 0.717) is 47.5 Å². The average Bonchev–Trinajstić information content (AvgIpc) is 3.40. The third kappa shape index (κ3) is 6.80. The minimum absolute atomic E-state index is 0.0810. The fraction of sp³-hybridized carbons (Fsp3) is 0.312. The Morgan fingerprint density at radius 3 is 2.38 bits per heavy atom. The van der Waals surface area contributed by atoms with E-state index in [1.54, 1.807) is 39.9 Å². The van der Waals surface area contributed by atoms with Crippen molar-refractivity contribution in [3.63, 3.8) is 0 Å². The summed E-state index contributed by atoms with van der Waals surface area (Å²) in [5.41, 5.74) is 7.40. The molecule has 1 aliphatic rings. The van der Waals surface area contributed by atoms with Crippen LogP contribution in [0.15, 0.2) is 66.5 Å². The number of anilines is 2. The first-order chi connectivity index (χ1) is 21.2. The number of rotatable bonds is 5. The number of likely N-dealkylation sites (tertiary alicyclic amines) is 1. The standard InChI is InChI=1S/C32H31F3N8O2/c1-31(2,3)15-21(16-36)30(45)42-14-4-5-24(17-42)43-28-25(27(37)38-18-39-28)26(41-43)19-8-12-23(13-9-19)40-29(44)20-6-10-22(11-7-20)32(33,34)35/h6-13,15,18,24H,4-5,14,17H2,1-3H3,(H,40,44)(H2,37,38,39)/b21-15-. The van der Waals surface area contributed by atoms with Gasteiger partial charge in [0.25, 0.3) is 11.8 Å². The van der Waals surface area contributed by atoms with Crippen LogP contribution in [0.5, 0.6) is 0 Å². The predicted octanol–water partition coefficient (Wildman–Crippen LogP) is 6.01. The van der Waals surface area contributed by atoms with Crippen LogP contribution in [0.3, 0.4) is 0 Å². The van der Waals surface area contributed by atoms with Gasteiger partial charge in [-0.05, 0) is 54.7 Å². The van der Waals surface area contributed by atoms with Crippen LogP contribution < -0.4 is 11.1 Å². The number of nitrogen functional groups attached to an aromatic ring is 1. The quantitative estimate of drug-likeness (QED) is 0.207. The lowest BCUT2D eigenvalue weighted by Gasteiger charge is -2.33. The van der Waals surface area contributed by atoms with Crippen molar-refractivity contribution in [2.24, 2.45) is 5.41 Å². The third-order valence-electron chi connectivity index (χ3n) is 7.37. The molecule has 0 bridgehead atoms. The molecule has 1 saturated heterocycles. The van der Waals surface area contributed by atoms with E-state index in [-0.39, 0.29) is 34.3 Å². The second-order valence-corrected chi connectivity index (χ2v) is 11.9. The molecule has 0 spiro atoms. The molecule has 4 aromatic rings. The molecule has 13 heteroatoms. The molecular weight excluding hydrogens is 585 g/mol. The predicted molar refractivity (Wildman–Crippen MR) is 163 cm³/mol. The van der Waals surface area contributed by atoms with Crippen molar-refractivity contribution in [1.82, 2.24) is 24.6 Å². The number of carbonyl (C=O) groups is 2. The molecule has 2 aromatic carbocycles. The van der Waals surface area contributed by atoms with Gasteiger partial charge in [0.2, 0.25) is 0 Å². The summed E-state index contributed by atoms with van der Waals surface area (Å²) in [7, 11) is 0. The van der Waals surface area contributed by atoms with Crippen molar-refractivity contribution in [3.05, 3.63) is 77.6 Å². The molecule has 3 N–H and O–H groups in total. The average molecular weight is 617 g/mol. The number of benzene rings is 2. The Balaban J connectivity index is 1.39. The highest BCUT2D eigenvalue weighted by Crippen LogP contribution is 2.35. The van der Waals surface area contributed by atoms with Crippen LogP contribution in [-0.4, -0.2) is 49.6 Å². The van der Waals surface area contributed by atoms with Gasteiger partial charge in [0.05, 0.1) is 17.0 Å². The number of nitrogens with two attached hydrogens (primary N) is 1. The summed E-state index contributed by atoms with van der Waals surface area (Å²) >= 11 is 0. The number of hydrogen-bond acceptors (Lipinski definition) is 7. The molecule has 45 heavy (non-hydrogen) atoms. The largest absolute Gasteiger partial charge is 0.416 e. The number of allylic oxidation sites excluding steroid dienone is 1. The number of piperidine rings is 1. The number of aromatic nitrogens is 4. The number of carbonyl (C=O) groups excluding carboxylic acids is 2. The van der Waals surface area contributed by atoms with Gasteiger partial charge in [-0.25, -0.2) is 14.6 Å². The maximum Gasteiger partial charge on any atom is 0.416 e. The Hall–Kier alpha value is -5.25. The minimum Gasteiger partial charge on any atom is -0.383 e. The van der Waals surface area contributed by atoms with Gasteiger partial charge in [0.15, 0.2) is 5.65 Å². The van der Waals surface area contributed by atoms with Crippen LogP contribution in [0.1, 0.15) is 55.6 Å². The van der Waals surface area contributed by atoms with Gasteiger partial charge >= 0.3 is 6.18 Å². The maximum absolute atomic E-state index is 13.3. The number of halogens is 3. The first-order valence-electron chi connectivity index (χ1n) is 14.2. The summed E-state index contributed by atoms with van der Waals surface area (Å²) in [4.78, 5) is 36.2. The lowest BCUT2D eigenvalue weighted by Crippen LogP contribution is -2.41. The minimum atomic E-state index is -4.49. The highest BCUT2D eigenvalue weighted by Gasteiger charge is 2.31. The highest BCUT2D eigenvalue weighted by atomic mass is 19.4.